The zero-order valence-corrected chi connectivity index (χ0v) is 14.4. The van der Waals surface area contributed by atoms with Gasteiger partial charge in [-0.15, -0.1) is 0 Å². The number of benzene rings is 1. The fourth-order valence-corrected chi connectivity index (χ4v) is 2.49. The van der Waals surface area contributed by atoms with E-state index < -0.39 is 17.8 Å². The predicted molar refractivity (Wildman–Crippen MR) is 87.4 cm³/mol. The Morgan fingerprint density at radius 3 is 2.50 bits per heavy atom. The summed E-state index contributed by atoms with van der Waals surface area (Å²) in [4.78, 5) is 30.2. The van der Waals surface area contributed by atoms with Gasteiger partial charge in [-0.2, -0.15) is 13.2 Å². The summed E-state index contributed by atoms with van der Waals surface area (Å²) >= 11 is 0.808. The highest BCUT2D eigenvalue weighted by molar-refractivity contribution is 7.99. The molecule has 2 aromatic rings. The van der Waals surface area contributed by atoms with Crippen LogP contribution in [0.5, 0.6) is 0 Å². The van der Waals surface area contributed by atoms with Crippen LogP contribution in [0.3, 0.4) is 0 Å². The highest BCUT2D eigenvalue weighted by Crippen LogP contribution is 2.28. The van der Waals surface area contributed by atoms with Crippen molar-refractivity contribution < 1.29 is 27.5 Å². The van der Waals surface area contributed by atoms with Gasteiger partial charge in [0.15, 0.2) is 5.16 Å². The minimum absolute atomic E-state index is 0.123. The van der Waals surface area contributed by atoms with E-state index in [0.717, 1.165) is 29.6 Å². The van der Waals surface area contributed by atoms with Crippen molar-refractivity contribution in [1.82, 2.24) is 15.3 Å². The molecule has 1 aromatic carbocycles. The highest BCUT2D eigenvalue weighted by atomic mass is 32.2. The Bertz CT molecular complexity index is 782. The van der Waals surface area contributed by atoms with Crippen molar-refractivity contribution in [3.63, 3.8) is 0 Å². The van der Waals surface area contributed by atoms with Crippen LogP contribution in [-0.4, -0.2) is 34.7 Å². The summed E-state index contributed by atoms with van der Waals surface area (Å²) in [5.74, 6) is -0.965. The molecule has 1 heterocycles. The van der Waals surface area contributed by atoms with Crippen molar-refractivity contribution in [3.05, 3.63) is 53.3 Å². The average molecular weight is 385 g/mol. The van der Waals surface area contributed by atoms with E-state index in [-0.39, 0.29) is 23.4 Å². The number of ether oxygens (including phenoxy) is 1. The second-order valence-electron chi connectivity index (χ2n) is 4.98. The molecule has 10 heteroatoms. The van der Waals surface area contributed by atoms with Crippen LogP contribution in [0.2, 0.25) is 0 Å². The van der Waals surface area contributed by atoms with Crippen LogP contribution in [-0.2, 0) is 22.3 Å². The van der Waals surface area contributed by atoms with Crippen molar-refractivity contribution in [3.8, 4) is 0 Å². The van der Waals surface area contributed by atoms with Crippen molar-refractivity contribution in [1.29, 1.82) is 0 Å². The molecular formula is C16H14F3N3O3S. The number of methoxy groups -OCH3 is 1. The van der Waals surface area contributed by atoms with Gasteiger partial charge in [-0.25, -0.2) is 14.8 Å². The number of aromatic nitrogens is 2. The van der Waals surface area contributed by atoms with E-state index >= 15 is 0 Å². The molecule has 0 unspecified atom stereocenters. The Hall–Kier alpha value is -2.62. The van der Waals surface area contributed by atoms with Gasteiger partial charge in [0, 0.05) is 12.7 Å². The minimum atomic E-state index is -4.56. The van der Waals surface area contributed by atoms with Crippen molar-refractivity contribution in [2.75, 3.05) is 12.9 Å². The van der Waals surface area contributed by atoms with Crippen LogP contribution < -0.4 is 5.32 Å². The van der Waals surface area contributed by atoms with Gasteiger partial charge in [0.1, 0.15) is 5.69 Å². The molecule has 0 fully saturated rings. The molecule has 138 valence electrons. The van der Waals surface area contributed by atoms with Crippen LogP contribution in [0.4, 0.5) is 13.2 Å². The molecule has 1 amide bonds. The largest absolute Gasteiger partial charge is 0.465 e. The zero-order valence-electron chi connectivity index (χ0n) is 13.5. The number of esters is 1. The molecule has 1 N–H and O–H groups in total. The molecule has 0 aliphatic heterocycles. The lowest BCUT2D eigenvalue weighted by Gasteiger charge is -2.07. The number of alkyl halides is 3. The highest BCUT2D eigenvalue weighted by Gasteiger charge is 2.32. The lowest BCUT2D eigenvalue weighted by molar-refractivity contribution is -0.141. The van der Waals surface area contributed by atoms with E-state index in [0.29, 0.717) is 5.56 Å². The topological polar surface area (TPSA) is 81.2 Å². The van der Waals surface area contributed by atoms with Crippen LogP contribution in [0, 0.1) is 0 Å². The second kappa shape index (κ2) is 8.65. The van der Waals surface area contributed by atoms with Gasteiger partial charge in [-0.05, 0) is 23.8 Å². The van der Waals surface area contributed by atoms with Crippen LogP contribution in [0.1, 0.15) is 21.6 Å². The van der Waals surface area contributed by atoms with Gasteiger partial charge in [0.2, 0.25) is 5.91 Å². The van der Waals surface area contributed by atoms with E-state index in [1.54, 1.807) is 24.3 Å². The van der Waals surface area contributed by atoms with Gasteiger partial charge in [0.05, 0.1) is 18.4 Å². The number of carbonyl (C=O) groups is 2. The molecule has 0 aliphatic carbocycles. The SMILES string of the molecule is COC(=O)c1ccc(CNC(=O)CSc2nccc(C(F)(F)F)n2)cc1. The van der Waals surface area contributed by atoms with Gasteiger partial charge < -0.3 is 10.1 Å². The fraction of sp³-hybridized carbons (Fsp3) is 0.250. The monoisotopic (exact) mass is 385 g/mol. The van der Waals surface area contributed by atoms with Crippen LogP contribution in [0.15, 0.2) is 41.7 Å². The van der Waals surface area contributed by atoms with Gasteiger partial charge in [-0.1, -0.05) is 23.9 Å². The number of halogens is 3. The minimum Gasteiger partial charge on any atom is -0.465 e. The molecular weight excluding hydrogens is 371 g/mol. The Kier molecular flexibility index (Phi) is 6.56. The first-order valence-corrected chi connectivity index (χ1v) is 8.25. The number of amides is 1. The lowest BCUT2D eigenvalue weighted by atomic mass is 10.1. The summed E-state index contributed by atoms with van der Waals surface area (Å²) in [6.07, 6.45) is -3.56. The molecule has 26 heavy (non-hydrogen) atoms. The molecule has 0 aliphatic rings. The first-order chi connectivity index (χ1) is 12.3. The van der Waals surface area contributed by atoms with E-state index in [1.165, 1.54) is 7.11 Å². The number of carbonyl (C=O) groups excluding carboxylic acids is 2. The lowest BCUT2D eigenvalue weighted by Crippen LogP contribution is -2.24. The number of hydrogen-bond acceptors (Lipinski definition) is 6. The van der Waals surface area contributed by atoms with Crippen molar-refractivity contribution >= 4 is 23.6 Å². The third-order valence-corrected chi connectivity index (χ3v) is 3.98. The Balaban J connectivity index is 1.83. The number of nitrogens with one attached hydrogen (secondary N) is 1. The van der Waals surface area contributed by atoms with E-state index in [2.05, 4.69) is 20.0 Å². The van der Waals surface area contributed by atoms with E-state index in [9.17, 15) is 22.8 Å². The summed E-state index contributed by atoms with van der Waals surface area (Å²) < 4.78 is 42.3. The summed E-state index contributed by atoms with van der Waals surface area (Å²) in [5, 5.41) is 2.50. The first kappa shape index (κ1) is 19.7. The number of hydrogen-bond donors (Lipinski definition) is 1. The fourth-order valence-electron chi connectivity index (χ4n) is 1.83. The molecule has 6 nitrogen and oxygen atoms in total. The molecule has 0 spiro atoms. The summed E-state index contributed by atoms with van der Waals surface area (Å²) in [6.45, 7) is 0.213. The molecule has 1 aromatic heterocycles. The Morgan fingerprint density at radius 1 is 1.19 bits per heavy atom. The van der Waals surface area contributed by atoms with Crippen molar-refractivity contribution in [2.45, 2.75) is 17.9 Å². The second-order valence-corrected chi connectivity index (χ2v) is 5.92. The smallest absolute Gasteiger partial charge is 0.433 e. The standard InChI is InChI=1S/C16H14F3N3O3S/c1-25-14(24)11-4-2-10(3-5-11)8-21-13(23)9-26-15-20-7-6-12(22-15)16(17,18)19/h2-7H,8-9H2,1H3,(H,21,23). The van der Waals surface area contributed by atoms with E-state index in [4.69, 9.17) is 0 Å². The van der Waals surface area contributed by atoms with Gasteiger partial charge in [0.25, 0.3) is 0 Å². The maximum absolute atomic E-state index is 12.6. The molecule has 0 saturated carbocycles. The normalized spacial score (nSPS) is 11.1. The molecule has 2 rings (SSSR count). The third kappa shape index (κ3) is 5.73. The molecule has 0 saturated heterocycles. The van der Waals surface area contributed by atoms with Crippen LogP contribution in [0.25, 0.3) is 0 Å². The average Bonchev–Trinajstić information content (AvgIpc) is 2.64. The van der Waals surface area contributed by atoms with Crippen molar-refractivity contribution in [2.24, 2.45) is 0 Å². The molecule has 0 atom stereocenters. The maximum atomic E-state index is 12.6. The van der Waals surface area contributed by atoms with Gasteiger partial charge in [-0.3, -0.25) is 4.79 Å². The zero-order chi connectivity index (χ0) is 19.2. The Labute approximate surface area is 151 Å². The summed E-state index contributed by atoms with van der Waals surface area (Å²) in [5.41, 5.74) is 0.0900. The first-order valence-electron chi connectivity index (χ1n) is 7.26. The molecule has 0 bridgehead atoms. The number of thioether (sulfide) groups is 1. The maximum Gasteiger partial charge on any atom is 0.433 e. The van der Waals surface area contributed by atoms with Gasteiger partial charge >= 0.3 is 12.1 Å². The van der Waals surface area contributed by atoms with Crippen LogP contribution >= 0.6 is 11.8 Å². The Morgan fingerprint density at radius 2 is 1.88 bits per heavy atom. The number of rotatable bonds is 6. The quantitative estimate of drug-likeness (QED) is 0.468. The van der Waals surface area contributed by atoms with E-state index in [1.807, 2.05) is 0 Å². The third-order valence-electron chi connectivity index (χ3n) is 3.12. The number of nitrogens with zero attached hydrogens (tertiary/aromatic N) is 2. The molecule has 0 radical (unpaired) electrons. The predicted octanol–water partition coefficient (Wildman–Crippen LogP) is 2.69. The summed E-state index contributed by atoms with van der Waals surface area (Å²) in [6, 6.07) is 7.23. The summed E-state index contributed by atoms with van der Waals surface area (Å²) in [7, 11) is 1.28.